The monoisotopic (exact) mass is 430 g/mol. The average Bonchev–Trinajstić information content (AvgIpc) is 3.08. The minimum absolute atomic E-state index is 0.0741. The third-order valence-electron chi connectivity index (χ3n) is 4.42. The van der Waals surface area contributed by atoms with Gasteiger partial charge in [0.2, 0.25) is 5.91 Å². The standard InChI is InChI=1S/C22H26N2O3S2/c1-26-13-12-24-19-11-10-18(27-2)15-20(19)29-22(24)23-21(25)9-6-14-28-16-17-7-4-3-5-8-17/h3-5,7-8,10-11,15H,6,9,12-14,16H2,1-2H3. The Morgan fingerprint density at radius 3 is 2.76 bits per heavy atom. The van der Waals surface area contributed by atoms with Gasteiger partial charge in [-0.15, -0.1) is 0 Å². The molecule has 1 amide bonds. The lowest BCUT2D eigenvalue weighted by molar-refractivity contribution is -0.118. The molecule has 0 N–H and O–H groups in total. The van der Waals surface area contributed by atoms with Crippen LogP contribution >= 0.6 is 23.1 Å². The van der Waals surface area contributed by atoms with Gasteiger partial charge in [0.15, 0.2) is 4.80 Å². The number of hydrogen-bond donors (Lipinski definition) is 0. The van der Waals surface area contributed by atoms with Gasteiger partial charge in [-0.05, 0) is 35.9 Å². The van der Waals surface area contributed by atoms with Crippen LogP contribution in [-0.4, -0.2) is 37.1 Å². The summed E-state index contributed by atoms with van der Waals surface area (Å²) in [5.74, 6) is 2.64. The zero-order valence-corrected chi connectivity index (χ0v) is 18.4. The van der Waals surface area contributed by atoms with E-state index in [1.165, 1.54) is 16.9 Å². The van der Waals surface area contributed by atoms with Crippen LogP contribution in [0, 0.1) is 0 Å². The largest absolute Gasteiger partial charge is 0.497 e. The minimum atomic E-state index is -0.0741. The molecule has 3 rings (SSSR count). The van der Waals surface area contributed by atoms with Crippen LogP contribution in [0.3, 0.4) is 0 Å². The number of aromatic nitrogens is 1. The van der Waals surface area contributed by atoms with Gasteiger partial charge in [0.25, 0.3) is 0 Å². The van der Waals surface area contributed by atoms with Crippen molar-refractivity contribution in [1.82, 2.24) is 4.57 Å². The number of hydrogen-bond acceptors (Lipinski definition) is 5. The van der Waals surface area contributed by atoms with E-state index in [0.29, 0.717) is 24.4 Å². The molecule has 1 heterocycles. The summed E-state index contributed by atoms with van der Waals surface area (Å²) in [4.78, 5) is 17.5. The van der Waals surface area contributed by atoms with Gasteiger partial charge < -0.3 is 14.0 Å². The summed E-state index contributed by atoms with van der Waals surface area (Å²) in [5, 5.41) is 0. The first-order valence-electron chi connectivity index (χ1n) is 9.57. The van der Waals surface area contributed by atoms with Crippen molar-refractivity contribution in [3.8, 4) is 5.75 Å². The number of rotatable bonds is 10. The Morgan fingerprint density at radius 1 is 1.17 bits per heavy atom. The normalized spacial score (nSPS) is 11.9. The Hall–Kier alpha value is -2.09. The number of amides is 1. The number of benzene rings is 2. The first-order chi connectivity index (χ1) is 14.2. The van der Waals surface area contributed by atoms with Gasteiger partial charge in [0.1, 0.15) is 5.75 Å². The van der Waals surface area contributed by atoms with Crippen molar-refractivity contribution in [3.05, 3.63) is 58.9 Å². The van der Waals surface area contributed by atoms with Gasteiger partial charge in [-0.1, -0.05) is 41.7 Å². The lowest BCUT2D eigenvalue weighted by atomic mass is 10.2. The predicted octanol–water partition coefficient (Wildman–Crippen LogP) is 4.50. The summed E-state index contributed by atoms with van der Waals surface area (Å²) in [6, 6.07) is 16.3. The Bertz CT molecular complexity index is 996. The molecule has 0 fully saturated rings. The number of ether oxygens (including phenoxy) is 2. The summed E-state index contributed by atoms with van der Waals surface area (Å²) in [6.45, 7) is 1.22. The van der Waals surface area contributed by atoms with E-state index in [1.807, 2.05) is 40.6 Å². The van der Waals surface area contributed by atoms with Crippen LogP contribution in [0.4, 0.5) is 0 Å². The van der Waals surface area contributed by atoms with E-state index in [1.54, 1.807) is 14.2 Å². The fourth-order valence-corrected chi connectivity index (χ4v) is 4.94. The molecule has 29 heavy (non-hydrogen) atoms. The number of carbonyl (C=O) groups is 1. The molecule has 0 saturated carbocycles. The average molecular weight is 431 g/mol. The van der Waals surface area contributed by atoms with Crippen LogP contribution in [0.5, 0.6) is 5.75 Å². The van der Waals surface area contributed by atoms with Crippen LogP contribution in [-0.2, 0) is 21.8 Å². The van der Waals surface area contributed by atoms with Crippen LogP contribution in [0.1, 0.15) is 18.4 Å². The Balaban J connectivity index is 1.63. The second-order valence-corrected chi connectivity index (χ2v) is 8.62. The molecule has 5 nitrogen and oxygen atoms in total. The van der Waals surface area contributed by atoms with Crippen molar-refractivity contribution >= 4 is 39.2 Å². The summed E-state index contributed by atoms with van der Waals surface area (Å²) in [7, 11) is 3.32. The quantitative estimate of drug-likeness (QED) is 0.445. The van der Waals surface area contributed by atoms with Gasteiger partial charge in [-0.2, -0.15) is 16.8 Å². The molecule has 154 valence electrons. The lowest BCUT2D eigenvalue weighted by Gasteiger charge is -2.05. The van der Waals surface area contributed by atoms with Gasteiger partial charge in [0, 0.05) is 25.8 Å². The molecule has 2 aromatic carbocycles. The molecule has 0 aliphatic carbocycles. The van der Waals surface area contributed by atoms with Crippen molar-refractivity contribution in [3.63, 3.8) is 0 Å². The maximum absolute atomic E-state index is 12.4. The molecule has 0 atom stereocenters. The van der Waals surface area contributed by atoms with E-state index in [4.69, 9.17) is 9.47 Å². The number of methoxy groups -OCH3 is 2. The molecule has 1 aromatic heterocycles. The maximum Gasteiger partial charge on any atom is 0.248 e. The summed E-state index contributed by atoms with van der Waals surface area (Å²) >= 11 is 3.36. The zero-order valence-electron chi connectivity index (χ0n) is 16.8. The third-order valence-corrected chi connectivity index (χ3v) is 6.58. The Morgan fingerprint density at radius 2 is 2.00 bits per heavy atom. The molecule has 0 aliphatic heterocycles. The van der Waals surface area contributed by atoms with Crippen molar-refractivity contribution in [2.75, 3.05) is 26.6 Å². The van der Waals surface area contributed by atoms with Crippen LogP contribution in [0.15, 0.2) is 53.5 Å². The highest BCUT2D eigenvalue weighted by Crippen LogP contribution is 2.23. The lowest BCUT2D eigenvalue weighted by Crippen LogP contribution is -2.19. The van der Waals surface area contributed by atoms with E-state index in [-0.39, 0.29) is 5.91 Å². The topological polar surface area (TPSA) is 52.8 Å². The molecule has 7 heteroatoms. The first-order valence-corrected chi connectivity index (χ1v) is 11.5. The second kappa shape index (κ2) is 11.2. The summed E-state index contributed by atoms with van der Waals surface area (Å²) < 4.78 is 13.6. The molecule has 0 spiro atoms. The van der Waals surface area contributed by atoms with Crippen molar-refractivity contribution in [2.45, 2.75) is 25.1 Å². The first kappa shape index (κ1) is 21.6. The number of nitrogens with zero attached hydrogens (tertiary/aromatic N) is 2. The molecule has 0 bridgehead atoms. The highest BCUT2D eigenvalue weighted by molar-refractivity contribution is 7.98. The Labute approximate surface area is 179 Å². The molecular formula is C22H26N2O3S2. The van der Waals surface area contributed by atoms with Crippen LogP contribution < -0.4 is 9.54 Å². The van der Waals surface area contributed by atoms with Gasteiger partial charge in [-0.25, -0.2) is 0 Å². The number of carbonyl (C=O) groups excluding carboxylic acids is 1. The molecule has 0 radical (unpaired) electrons. The van der Waals surface area contributed by atoms with Gasteiger partial charge in [0.05, 0.1) is 23.9 Å². The fraction of sp³-hybridized carbons (Fsp3) is 0.364. The van der Waals surface area contributed by atoms with E-state index < -0.39 is 0 Å². The fourth-order valence-electron chi connectivity index (χ4n) is 2.92. The molecule has 0 unspecified atom stereocenters. The molecular weight excluding hydrogens is 404 g/mol. The SMILES string of the molecule is COCCn1c(=NC(=O)CCCSCc2ccccc2)sc2cc(OC)ccc21. The van der Waals surface area contributed by atoms with Crippen molar-refractivity contribution in [2.24, 2.45) is 4.99 Å². The van der Waals surface area contributed by atoms with Gasteiger partial charge in [-0.3, -0.25) is 4.79 Å². The molecule has 0 saturated heterocycles. The van der Waals surface area contributed by atoms with Gasteiger partial charge >= 0.3 is 0 Å². The number of thioether (sulfide) groups is 1. The van der Waals surface area contributed by atoms with Crippen molar-refractivity contribution < 1.29 is 14.3 Å². The Kier molecular flexibility index (Phi) is 8.34. The van der Waals surface area contributed by atoms with E-state index in [2.05, 4.69) is 29.3 Å². The zero-order chi connectivity index (χ0) is 20.5. The molecule has 0 aliphatic rings. The van der Waals surface area contributed by atoms with Crippen LogP contribution in [0.2, 0.25) is 0 Å². The maximum atomic E-state index is 12.4. The number of thiazole rings is 1. The summed E-state index contributed by atoms with van der Waals surface area (Å²) in [5.41, 5.74) is 2.35. The minimum Gasteiger partial charge on any atom is -0.497 e. The predicted molar refractivity (Wildman–Crippen MR) is 121 cm³/mol. The van der Waals surface area contributed by atoms with E-state index >= 15 is 0 Å². The summed E-state index contributed by atoms with van der Waals surface area (Å²) in [6.07, 6.45) is 1.29. The highest BCUT2D eigenvalue weighted by Gasteiger charge is 2.09. The second-order valence-electron chi connectivity index (χ2n) is 6.51. The highest BCUT2D eigenvalue weighted by atomic mass is 32.2. The van der Waals surface area contributed by atoms with E-state index in [9.17, 15) is 4.79 Å². The third kappa shape index (κ3) is 6.19. The van der Waals surface area contributed by atoms with Crippen LogP contribution in [0.25, 0.3) is 10.2 Å². The van der Waals surface area contributed by atoms with Crippen molar-refractivity contribution in [1.29, 1.82) is 0 Å². The smallest absolute Gasteiger partial charge is 0.248 e. The number of fused-ring (bicyclic) bond motifs is 1. The van der Waals surface area contributed by atoms with E-state index in [0.717, 1.165) is 33.9 Å². The molecule has 3 aromatic rings.